The molecule has 1 amide bonds. The minimum atomic E-state index is -0.103. The predicted molar refractivity (Wildman–Crippen MR) is 63.4 cm³/mol. The van der Waals surface area contributed by atoms with E-state index < -0.39 is 0 Å². The Balaban J connectivity index is 2.31. The smallest absolute Gasteiger partial charge is 0.251 e. The highest BCUT2D eigenvalue weighted by atomic mass is 16.1. The number of aromatic amines is 1. The van der Waals surface area contributed by atoms with E-state index in [-0.39, 0.29) is 5.91 Å². The molecule has 0 bridgehead atoms. The summed E-state index contributed by atoms with van der Waals surface area (Å²) in [5.74, 6) is 0.743. The van der Waals surface area contributed by atoms with E-state index >= 15 is 0 Å². The summed E-state index contributed by atoms with van der Waals surface area (Å²) in [6.45, 7) is 5.91. The summed E-state index contributed by atoms with van der Waals surface area (Å²) in [7, 11) is 0. The number of carbonyl (C=O) groups is 1. The second-order valence-corrected chi connectivity index (χ2v) is 3.55. The van der Waals surface area contributed by atoms with E-state index in [1.165, 1.54) is 0 Å². The van der Waals surface area contributed by atoms with E-state index in [1.807, 2.05) is 13.0 Å². The van der Waals surface area contributed by atoms with Crippen molar-refractivity contribution >= 4 is 16.9 Å². The molecule has 2 N–H and O–H groups in total. The van der Waals surface area contributed by atoms with Crippen molar-refractivity contribution in [3.63, 3.8) is 0 Å². The predicted octanol–water partition coefficient (Wildman–Crippen LogP) is 1.79. The molecule has 2 aromatic rings. The Morgan fingerprint density at radius 1 is 1.62 bits per heavy atom. The van der Waals surface area contributed by atoms with Crippen LogP contribution in [0.25, 0.3) is 11.0 Å². The molecule has 0 fully saturated rings. The van der Waals surface area contributed by atoms with Crippen LogP contribution in [0.4, 0.5) is 0 Å². The van der Waals surface area contributed by atoms with Crippen LogP contribution in [0.15, 0.2) is 30.9 Å². The van der Waals surface area contributed by atoms with E-state index in [0.717, 1.165) is 16.9 Å². The fourth-order valence-corrected chi connectivity index (χ4v) is 1.55. The van der Waals surface area contributed by atoms with Crippen molar-refractivity contribution < 1.29 is 4.79 Å². The molecule has 0 aliphatic rings. The van der Waals surface area contributed by atoms with Crippen molar-refractivity contribution in [1.82, 2.24) is 15.3 Å². The van der Waals surface area contributed by atoms with Crippen LogP contribution in [-0.2, 0) is 0 Å². The first kappa shape index (κ1) is 10.4. The normalized spacial score (nSPS) is 10.3. The Morgan fingerprint density at radius 3 is 3.19 bits per heavy atom. The second kappa shape index (κ2) is 4.18. The fourth-order valence-electron chi connectivity index (χ4n) is 1.55. The van der Waals surface area contributed by atoms with Gasteiger partial charge >= 0.3 is 0 Å². The summed E-state index contributed by atoms with van der Waals surface area (Å²) < 4.78 is 0. The number of aryl methyl sites for hydroxylation is 1. The highest BCUT2D eigenvalue weighted by molar-refractivity contribution is 5.97. The molecule has 0 radical (unpaired) electrons. The lowest BCUT2D eigenvalue weighted by atomic mass is 10.2. The Hall–Kier alpha value is -2.10. The number of nitrogens with one attached hydrogen (secondary N) is 2. The summed E-state index contributed by atoms with van der Waals surface area (Å²) >= 11 is 0. The van der Waals surface area contributed by atoms with Crippen LogP contribution in [0.3, 0.4) is 0 Å². The Labute approximate surface area is 93.4 Å². The van der Waals surface area contributed by atoms with Crippen LogP contribution in [0.1, 0.15) is 16.2 Å². The molecular formula is C12H13N3O. The van der Waals surface area contributed by atoms with Gasteiger partial charge in [-0.15, -0.1) is 6.58 Å². The maximum atomic E-state index is 11.7. The zero-order valence-corrected chi connectivity index (χ0v) is 9.08. The maximum Gasteiger partial charge on any atom is 0.251 e. The Bertz CT molecular complexity index is 542. The van der Waals surface area contributed by atoms with Crippen LogP contribution in [0.5, 0.6) is 0 Å². The van der Waals surface area contributed by atoms with Crippen LogP contribution in [0, 0.1) is 6.92 Å². The maximum absolute atomic E-state index is 11.7. The van der Waals surface area contributed by atoms with Gasteiger partial charge in [0.2, 0.25) is 0 Å². The molecule has 82 valence electrons. The number of hydrogen-bond donors (Lipinski definition) is 2. The molecule has 0 spiro atoms. The molecule has 0 unspecified atom stereocenters. The number of amides is 1. The number of imidazole rings is 1. The molecule has 0 atom stereocenters. The topological polar surface area (TPSA) is 57.8 Å². The van der Waals surface area contributed by atoms with Crippen LogP contribution >= 0.6 is 0 Å². The van der Waals surface area contributed by atoms with Gasteiger partial charge in [-0.05, 0) is 25.1 Å². The van der Waals surface area contributed by atoms with Crippen molar-refractivity contribution in [3.05, 3.63) is 42.2 Å². The van der Waals surface area contributed by atoms with Crippen molar-refractivity contribution in [2.45, 2.75) is 6.92 Å². The number of aromatic nitrogens is 2. The number of nitrogens with zero attached hydrogens (tertiary/aromatic N) is 1. The molecule has 0 aliphatic heterocycles. The first-order valence-electron chi connectivity index (χ1n) is 5.06. The third kappa shape index (κ3) is 1.95. The molecule has 1 aromatic carbocycles. The van der Waals surface area contributed by atoms with Crippen molar-refractivity contribution in [3.8, 4) is 0 Å². The lowest BCUT2D eigenvalue weighted by Crippen LogP contribution is -2.22. The van der Waals surface area contributed by atoms with Crippen molar-refractivity contribution in [2.24, 2.45) is 0 Å². The van der Waals surface area contributed by atoms with Gasteiger partial charge in [0.05, 0.1) is 11.0 Å². The van der Waals surface area contributed by atoms with E-state index in [2.05, 4.69) is 21.9 Å². The average Bonchev–Trinajstić information content (AvgIpc) is 2.64. The SMILES string of the molecule is C=CCNC(=O)c1ccc2nc(C)[nH]c2c1. The number of carbonyl (C=O) groups excluding carboxylic acids is 1. The third-order valence-corrected chi connectivity index (χ3v) is 2.27. The number of H-pyrrole nitrogens is 1. The number of rotatable bonds is 3. The summed E-state index contributed by atoms with van der Waals surface area (Å²) in [5, 5.41) is 2.73. The number of benzene rings is 1. The molecule has 0 aliphatic carbocycles. The number of fused-ring (bicyclic) bond motifs is 1. The van der Waals surface area contributed by atoms with Gasteiger partial charge in [-0.3, -0.25) is 4.79 Å². The molecule has 2 rings (SSSR count). The van der Waals surface area contributed by atoms with Gasteiger partial charge < -0.3 is 10.3 Å². The van der Waals surface area contributed by atoms with Crippen LogP contribution < -0.4 is 5.32 Å². The highest BCUT2D eigenvalue weighted by Crippen LogP contribution is 2.13. The van der Waals surface area contributed by atoms with Gasteiger partial charge in [0.25, 0.3) is 5.91 Å². The first-order valence-corrected chi connectivity index (χ1v) is 5.06. The molecule has 0 saturated heterocycles. The quantitative estimate of drug-likeness (QED) is 0.767. The number of hydrogen-bond acceptors (Lipinski definition) is 2. The summed E-state index contributed by atoms with van der Waals surface area (Å²) in [6, 6.07) is 5.40. The molecule has 1 aromatic heterocycles. The van der Waals surface area contributed by atoms with Crippen LogP contribution in [-0.4, -0.2) is 22.4 Å². The van der Waals surface area contributed by atoms with Gasteiger partial charge in [-0.1, -0.05) is 6.08 Å². The van der Waals surface area contributed by atoms with Crippen LogP contribution in [0.2, 0.25) is 0 Å². The average molecular weight is 215 g/mol. The lowest BCUT2D eigenvalue weighted by Gasteiger charge is -2.01. The second-order valence-electron chi connectivity index (χ2n) is 3.55. The largest absolute Gasteiger partial charge is 0.349 e. The van der Waals surface area contributed by atoms with Gasteiger partial charge in [0.15, 0.2) is 0 Å². The Kier molecular flexibility index (Phi) is 2.72. The molecule has 4 heteroatoms. The summed E-state index contributed by atoms with van der Waals surface area (Å²) in [5.41, 5.74) is 2.37. The van der Waals surface area contributed by atoms with E-state index in [1.54, 1.807) is 18.2 Å². The zero-order chi connectivity index (χ0) is 11.5. The summed E-state index contributed by atoms with van der Waals surface area (Å²) in [4.78, 5) is 19.0. The van der Waals surface area contributed by atoms with Crippen molar-refractivity contribution in [1.29, 1.82) is 0 Å². The first-order chi connectivity index (χ1) is 7.70. The fraction of sp³-hybridized carbons (Fsp3) is 0.167. The van der Waals surface area contributed by atoms with E-state index in [4.69, 9.17) is 0 Å². The van der Waals surface area contributed by atoms with Crippen molar-refractivity contribution in [2.75, 3.05) is 6.54 Å². The van der Waals surface area contributed by atoms with Gasteiger partial charge in [0.1, 0.15) is 5.82 Å². The third-order valence-electron chi connectivity index (χ3n) is 2.27. The van der Waals surface area contributed by atoms with E-state index in [0.29, 0.717) is 12.1 Å². The molecule has 1 heterocycles. The van der Waals surface area contributed by atoms with Gasteiger partial charge in [-0.2, -0.15) is 0 Å². The minimum Gasteiger partial charge on any atom is -0.349 e. The highest BCUT2D eigenvalue weighted by Gasteiger charge is 2.06. The van der Waals surface area contributed by atoms with Gasteiger partial charge in [0, 0.05) is 12.1 Å². The monoisotopic (exact) mass is 215 g/mol. The Morgan fingerprint density at radius 2 is 2.44 bits per heavy atom. The molecule has 16 heavy (non-hydrogen) atoms. The minimum absolute atomic E-state index is 0.103. The lowest BCUT2D eigenvalue weighted by molar-refractivity contribution is 0.0958. The summed E-state index contributed by atoms with van der Waals surface area (Å²) in [6.07, 6.45) is 1.65. The molecule has 0 saturated carbocycles. The molecular weight excluding hydrogens is 202 g/mol. The standard InChI is InChI=1S/C12H13N3O/c1-3-6-13-12(16)9-4-5-10-11(7-9)15-8(2)14-10/h3-5,7H,1,6H2,2H3,(H,13,16)(H,14,15). The molecule has 4 nitrogen and oxygen atoms in total. The zero-order valence-electron chi connectivity index (χ0n) is 9.08. The van der Waals surface area contributed by atoms with Gasteiger partial charge in [-0.25, -0.2) is 4.98 Å². The van der Waals surface area contributed by atoms with E-state index in [9.17, 15) is 4.79 Å².